The molecule has 5 nitrogen and oxygen atoms in total. The van der Waals surface area contributed by atoms with E-state index in [9.17, 15) is 22.8 Å². The van der Waals surface area contributed by atoms with Crippen LogP contribution in [0.5, 0.6) is 0 Å². The fraction of sp³-hybridized carbons (Fsp3) is 0.471. The van der Waals surface area contributed by atoms with Crippen LogP contribution in [0.2, 0.25) is 0 Å². The zero-order valence-corrected chi connectivity index (χ0v) is 14.7. The number of thiophene rings is 1. The van der Waals surface area contributed by atoms with Crippen LogP contribution in [0.4, 0.5) is 13.2 Å². The van der Waals surface area contributed by atoms with E-state index in [1.807, 2.05) is 0 Å². The van der Waals surface area contributed by atoms with Gasteiger partial charge in [0.1, 0.15) is 10.5 Å². The molecule has 1 saturated carbocycles. The molecule has 1 aliphatic carbocycles. The molecule has 0 radical (unpaired) electrons. The third kappa shape index (κ3) is 3.67. The molecule has 1 fully saturated rings. The Labute approximate surface area is 151 Å². The van der Waals surface area contributed by atoms with E-state index in [-0.39, 0.29) is 22.7 Å². The number of amides is 1. The normalized spacial score (nSPS) is 20.9. The van der Waals surface area contributed by atoms with Gasteiger partial charge in [0.05, 0.1) is 10.8 Å². The average Bonchev–Trinajstić information content (AvgIpc) is 2.91. The lowest BCUT2D eigenvalue weighted by molar-refractivity contribution is -0.143. The number of hydrogen-bond donors (Lipinski definition) is 2. The maximum absolute atomic E-state index is 12.8. The molecule has 0 aromatic carbocycles. The summed E-state index contributed by atoms with van der Waals surface area (Å²) in [5.74, 6) is -1.54. The summed E-state index contributed by atoms with van der Waals surface area (Å²) in [6, 6.07) is 2.13. The van der Waals surface area contributed by atoms with Crippen molar-refractivity contribution < 1.29 is 27.9 Å². The minimum atomic E-state index is -4.53. The number of fused-ring (bicyclic) bond motifs is 1. The van der Waals surface area contributed by atoms with Crippen LogP contribution < -0.4 is 5.32 Å². The van der Waals surface area contributed by atoms with Gasteiger partial charge < -0.3 is 10.4 Å². The minimum absolute atomic E-state index is 0.124. The first-order valence-corrected chi connectivity index (χ1v) is 8.99. The number of hydrogen-bond acceptors (Lipinski definition) is 4. The molecule has 0 saturated heterocycles. The van der Waals surface area contributed by atoms with E-state index in [2.05, 4.69) is 10.3 Å². The highest BCUT2D eigenvalue weighted by atomic mass is 32.1. The zero-order chi connectivity index (χ0) is 19.1. The van der Waals surface area contributed by atoms with Crippen LogP contribution in [0, 0.1) is 12.8 Å². The summed E-state index contributed by atoms with van der Waals surface area (Å²) in [6.07, 6.45) is -2.38. The van der Waals surface area contributed by atoms with Crippen LogP contribution in [0.1, 0.15) is 46.6 Å². The van der Waals surface area contributed by atoms with Crippen molar-refractivity contribution >= 4 is 33.4 Å². The third-order valence-corrected chi connectivity index (χ3v) is 5.91. The van der Waals surface area contributed by atoms with E-state index >= 15 is 0 Å². The summed E-state index contributed by atoms with van der Waals surface area (Å²) in [7, 11) is 0. The van der Waals surface area contributed by atoms with Crippen LogP contribution in [0.15, 0.2) is 12.1 Å². The van der Waals surface area contributed by atoms with Gasteiger partial charge in [0.15, 0.2) is 0 Å². The number of carboxylic acids is 1. The summed E-state index contributed by atoms with van der Waals surface area (Å²) >= 11 is 0.939. The second-order valence-electron chi connectivity index (χ2n) is 6.46. The van der Waals surface area contributed by atoms with Gasteiger partial charge in [-0.1, -0.05) is 0 Å². The molecule has 0 spiro atoms. The van der Waals surface area contributed by atoms with Gasteiger partial charge in [-0.15, -0.1) is 11.3 Å². The standard InChI is InChI=1S/C17H17F3N2O3S/c1-8-11-6-7-12(17(18,19)20)22-15(11)26-13(8)14(23)21-10-4-2-9(3-5-10)16(24)25/h6-7,9-10H,2-5H2,1H3,(H,21,23)(H,24,25). The van der Waals surface area contributed by atoms with E-state index in [0.717, 1.165) is 17.4 Å². The highest BCUT2D eigenvalue weighted by Crippen LogP contribution is 2.34. The molecule has 2 N–H and O–H groups in total. The number of alkyl halides is 3. The van der Waals surface area contributed by atoms with Crippen LogP contribution in [-0.4, -0.2) is 28.0 Å². The molecular weight excluding hydrogens is 369 g/mol. The van der Waals surface area contributed by atoms with E-state index in [0.29, 0.717) is 41.5 Å². The van der Waals surface area contributed by atoms with Gasteiger partial charge in [-0.25, -0.2) is 4.98 Å². The Morgan fingerprint density at radius 1 is 1.23 bits per heavy atom. The summed E-state index contributed by atoms with van der Waals surface area (Å²) in [5.41, 5.74) is -0.381. The van der Waals surface area contributed by atoms with Gasteiger partial charge in [0, 0.05) is 11.4 Å². The van der Waals surface area contributed by atoms with Crippen LogP contribution in [0.3, 0.4) is 0 Å². The van der Waals surface area contributed by atoms with E-state index in [4.69, 9.17) is 5.11 Å². The van der Waals surface area contributed by atoms with Gasteiger partial charge >= 0.3 is 12.1 Å². The Morgan fingerprint density at radius 3 is 2.46 bits per heavy atom. The number of carbonyl (C=O) groups excluding carboxylic acids is 1. The van der Waals surface area contributed by atoms with Gasteiger partial charge in [0.25, 0.3) is 5.91 Å². The van der Waals surface area contributed by atoms with Gasteiger partial charge in [-0.05, 0) is 50.3 Å². The van der Waals surface area contributed by atoms with E-state index in [1.165, 1.54) is 6.07 Å². The molecule has 140 valence electrons. The largest absolute Gasteiger partial charge is 0.481 e. The summed E-state index contributed by atoms with van der Waals surface area (Å²) < 4.78 is 38.4. The Hall–Kier alpha value is -2.16. The molecule has 1 amide bonds. The number of pyridine rings is 1. The number of carbonyl (C=O) groups is 2. The molecule has 0 unspecified atom stereocenters. The monoisotopic (exact) mass is 386 g/mol. The molecular formula is C17H17F3N2O3S. The molecule has 0 bridgehead atoms. The highest BCUT2D eigenvalue weighted by Gasteiger charge is 2.33. The van der Waals surface area contributed by atoms with Crippen LogP contribution >= 0.6 is 11.3 Å². The van der Waals surface area contributed by atoms with E-state index in [1.54, 1.807) is 6.92 Å². The Bertz CT molecular complexity index is 855. The molecule has 0 aliphatic heterocycles. The number of aliphatic carboxylic acids is 1. The number of halogens is 3. The lowest BCUT2D eigenvalue weighted by Gasteiger charge is -2.26. The quantitative estimate of drug-likeness (QED) is 0.836. The second-order valence-corrected chi connectivity index (χ2v) is 7.46. The number of aryl methyl sites for hydroxylation is 1. The third-order valence-electron chi connectivity index (χ3n) is 4.71. The Balaban J connectivity index is 1.76. The first kappa shape index (κ1) is 18.6. The molecule has 1 aliphatic rings. The van der Waals surface area contributed by atoms with Crippen LogP contribution in [0.25, 0.3) is 10.2 Å². The van der Waals surface area contributed by atoms with Crippen molar-refractivity contribution in [1.82, 2.24) is 10.3 Å². The molecule has 2 aromatic rings. The molecule has 3 rings (SSSR count). The smallest absolute Gasteiger partial charge is 0.433 e. The number of carboxylic acid groups (broad SMARTS) is 1. The van der Waals surface area contributed by atoms with Gasteiger partial charge in [-0.2, -0.15) is 13.2 Å². The number of nitrogens with one attached hydrogen (secondary N) is 1. The van der Waals surface area contributed by atoms with Crippen molar-refractivity contribution in [2.75, 3.05) is 0 Å². The maximum Gasteiger partial charge on any atom is 0.433 e. The number of rotatable bonds is 3. The van der Waals surface area contributed by atoms with Crippen molar-refractivity contribution in [2.24, 2.45) is 5.92 Å². The van der Waals surface area contributed by atoms with Crippen molar-refractivity contribution in [3.63, 3.8) is 0 Å². The molecule has 2 heterocycles. The van der Waals surface area contributed by atoms with Crippen molar-refractivity contribution in [3.05, 3.63) is 28.3 Å². The maximum atomic E-state index is 12.8. The minimum Gasteiger partial charge on any atom is -0.481 e. The Morgan fingerprint density at radius 2 is 1.88 bits per heavy atom. The second kappa shape index (κ2) is 6.86. The molecule has 0 atom stereocenters. The highest BCUT2D eigenvalue weighted by molar-refractivity contribution is 7.20. The fourth-order valence-corrected chi connectivity index (χ4v) is 4.29. The predicted molar refractivity (Wildman–Crippen MR) is 90.2 cm³/mol. The summed E-state index contributed by atoms with van der Waals surface area (Å²) in [5, 5.41) is 12.4. The molecule has 9 heteroatoms. The number of aromatic nitrogens is 1. The van der Waals surface area contributed by atoms with Crippen molar-refractivity contribution in [1.29, 1.82) is 0 Å². The summed E-state index contributed by atoms with van der Waals surface area (Å²) in [6.45, 7) is 1.68. The van der Waals surface area contributed by atoms with Gasteiger partial charge in [0.2, 0.25) is 0 Å². The SMILES string of the molecule is Cc1c(C(=O)NC2CCC(C(=O)O)CC2)sc2nc(C(F)(F)F)ccc12. The molecule has 26 heavy (non-hydrogen) atoms. The first-order chi connectivity index (χ1) is 12.2. The van der Waals surface area contributed by atoms with E-state index < -0.39 is 17.8 Å². The zero-order valence-electron chi connectivity index (χ0n) is 13.9. The first-order valence-electron chi connectivity index (χ1n) is 8.18. The average molecular weight is 386 g/mol. The molecule has 2 aromatic heterocycles. The fourth-order valence-electron chi connectivity index (χ4n) is 3.21. The summed E-state index contributed by atoms with van der Waals surface area (Å²) in [4.78, 5) is 27.7. The van der Waals surface area contributed by atoms with Crippen molar-refractivity contribution in [3.8, 4) is 0 Å². The van der Waals surface area contributed by atoms with Crippen molar-refractivity contribution in [2.45, 2.75) is 44.8 Å². The topological polar surface area (TPSA) is 79.3 Å². The van der Waals surface area contributed by atoms with Gasteiger partial charge in [-0.3, -0.25) is 9.59 Å². The Kier molecular flexibility index (Phi) is 4.92. The number of nitrogens with zero attached hydrogens (tertiary/aromatic N) is 1. The predicted octanol–water partition coefficient (Wildman–Crippen LogP) is 4.00. The lowest BCUT2D eigenvalue weighted by Crippen LogP contribution is -2.38. The van der Waals surface area contributed by atoms with Crippen LogP contribution in [-0.2, 0) is 11.0 Å². The lowest BCUT2D eigenvalue weighted by atomic mass is 9.86.